The molecule has 1 N–H and O–H groups in total. The summed E-state index contributed by atoms with van der Waals surface area (Å²) in [5.41, 5.74) is 0.271. The lowest BCUT2D eigenvalue weighted by atomic mass is 9.92. The molecule has 0 saturated carbocycles. The number of alkyl halides is 1. The fraction of sp³-hybridized carbons (Fsp3) is 1.00. The summed E-state index contributed by atoms with van der Waals surface area (Å²) < 4.78 is 12.2. The minimum Gasteiger partial charge on any atom is -0.310 e. The van der Waals surface area contributed by atoms with Crippen LogP contribution in [0.25, 0.3) is 0 Å². The van der Waals surface area contributed by atoms with Crippen LogP contribution in [0.1, 0.15) is 39.5 Å². The van der Waals surface area contributed by atoms with Gasteiger partial charge in [-0.15, -0.1) is 0 Å². The van der Waals surface area contributed by atoms with E-state index in [2.05, 4.69) is 24.1 Å². The van der Waals surface area contributed by atoms with Gasteiger partial charge in [0.05, 0.1) is 6.67 Å². The number of nitrogens with one attached hydrogen (secondary N) is 1. The molecule has 0 radical (unpaired) electrons. The van der Waals surface area contributed by atoms with E-state index < -0.39 is 0 Å². The Morgan fingerprint density at radius 2 is 2.07 bits per heavy atom. The Morgan fingerprint density at radius 1 is 1.33 bits per heavy atom. The Hall–Kier alpha value is -0.150. The molecule has 0 aromatic rings. The molecule has 90 valence electrons. The fourth-order valence-corrected chi connectivity index (χ4v) is 2.42. The summed E-state index contributed by atoms with van der Waals surface area (Å²) in [7, 11) is 0. The fourth-order valence-electron chi connectivity index (χ4n) is 2.42. The van der Waals surface area contributed by atoms with Gasteiger partial charge in [0.25, 0.3) is 0 Å². The van der Waals surface area contributed by atoms with Gasteiger partial charge in [0.2, 0.25) is 0 Å². The molecule has 1 saturated heterocycles. The third kappa shape index (κ3) is 3.72. The molecule has 1 fully saturated rings. The quantitative estimate of drug-likeness (QED) is 0.758. The largest absolute Gasteiger partial charge is 0.310 e. The highest BCUT2D eigenvalue weighted by atomic mass is 19.1. The van der Waals surface area contributed by atoms with Crippen molar-refractivity contribution in [1.82, 2.24) is 10.2 Å². The predicted molar refractivity (Wildman–Crippen MR) is 63.0 cm³/mol. The van der Waals surface area contributed by atoms with Crippen LogP contribution in [0.3, 0.4) is 0 Å². The van der Waals surface area contributed by atoms with Crippen molar-refractivity contribution in [2.75, 3.05) is 32.9 Å². The smallest absolute Gasteiger partial charge is 0.0906 e. The van der Waals surface area contributed by atoms with Crippen LogP contribution in [0.15, 0.2) is 0 Å². The van der Waals surface area contributed by atoms with Gasteiger partial charge in [-0.05, 0) is 38.8 Å². The molecule has 0 aromatic heterocycles. The number of rotatable bonds is 5. The maximum atomic E-state index is 12.2. The Bertz CT molecular complexity index is 169. The lowest BCUT2D eigenvalue weighted by molar-refractivity contribution is 0.191. The van der Waals surface area contributed by atoms with E-state index in [0.29, 0.717) is 6.42 Å². The molecule has 0 unspecified atom stereocenters. The zero-order chi connectivity index (χ0) is 11.1. The Kier molecular flexibility index (Phi) is 5.54. The molecule has 0 atom stereocenters. The van der Waals surface area contributed by atoms with E-state index in [4.69, 9.17) is 0 Å². The third-order valence-electron chi connectivity index (χ3n) is 3.64. The van der Waals surface area contributed by atoms with Crippen LogP contribution in [0, 0.1) is 0 Å². The summed E-state index contributed by atoms with van der Waals surface area (Å²) in [6, 6.07) is 0. The van der Waals surface area contributed by atoms with Gasteiger partial charge >= 0.3 is 0 Å². The lowest BCUT2D eigenvalue weighted by Crippen LogP contribution is -2.50. The normalized spacial score (nSPS) is 22.6. The third-order valence-corrected chi connectivity index (χ3v) is 3.64. The molecule has 0 spiro atoms. The highest BCUT2D eigenvalue weighted by molar-refractivity contribution is 4.90. The first-order valence-electron chi connectivity index (χ1n) is 6.29. The molecule has 1 aliphatic heterocycles. The first-order chi connectivity index (χ1) is 7.26. The van der Waals surface area contributed by atoms with Crippen LogP contribution in [0.4, 0.5) is 4.39 Å². The molecular formula is C12H25FN2. The van der Waals surface area contributed by atoms with Crippen LogP contribution in [-0.2, 0) is 0 Å². The zero-order valence-electron chi connectivity index (χ0n) is 10.2. The minimum atomic E-state index is -0.185. The van der Waals surface area contributed by atoms with E-state index in [0.717, 1.165) is 39.0 Å². The van der Waals surface area contributed by atoms with Crippen molar-refractivity contribution in [3.05, 3.63) is 0 Å². The minimum absolute atomic E-state index is 0.185. The van der Waals surface area contributed by atoms with Gasteiger partial charge in [-0.25, -0.2) is 0 Å². The second kappa shape index (κ2) is 6.44. The maximum absolute atomic E-state index is 12.2. The number of hydrogen-bond donors (Lipinski definition) is 1. The van der Waals surface area contributed by atoms with E-state index in [-0.39, 0.29) is 12.2 Å². The van der Waals surface area contributed by atoms with Crippen molar-refractivity contribution >= 4 is 0 Å². The molecule has 0 amide bonds. The lowest BCUT2D eigenvalue weighted by Gasteiger charge is -2.35. The van der Waals surface area contributed by atoms with Crippen molar-refractivity contribution in [2.45, 2.75) is 45.1 Å². The van der Waals surface area contributed by atoms with Gasteiger partial charge in [0, 0.05) is 18.6 Å². The van der Waals surface area contributed by atoms with Crippen molar-refractivity contribution in [1.29, 1.82) is 0 Å². The van der Waals surface area contributed by atoms with Gasteiger partial charge in [-0.2, -0.15) is 0 Å². The average Bonchev–Trinajstić information content (AvgIpc) is 2.49. The Balaban J connectivity index is 2.51. The van der Waals surface area contributed by atoms with Crippen molar-refractivity contribution in [2.24, 2.45) is 0 Å². The summed E-state index contributed by atoms with van der Waals surface area (Å²) >= 11 is 0. The second-order valence-electron chi connectivity index (χ2n) is 4.59. The van der Waals surface area contributed by atoms with Crippen LogP contribution in [-0.4, -0.2) is 43.3 Å². The second-order valence-corrected chi connectivity index (χ2v) is 4.59. The summed E-state index contributed by atoms with van der Waals surface area (Å²) in [5, 5.41) is 3.67. The van der Waals surface area contributed by atoms with Crippen molar-refractivity contribution in [3.8, 4) is 0 Å². The Morgan fingerprint density at radius 3 is 2.67 bits per heavy atom. The number of halogens is 1. The first-order valence-corrected chi connectivity index (χ1v) is 6.29. The first kappa shape index (κ1) is 12.9. The highest BCUT2D eigenvalue weighted by Crippen LogP contribution is 2.19. The maximum Gasteiger partial charge on any atom is 0.0906 e. The molecule has 3 heteroatoms. The summed E-state index contributed by atoms with van der Waals surface area (Å²) in [6.07, 6.45) is 4.20. The topological polar surface area (TPSA) is 15.3 Å². The van der Waals surface area contributed by atoms with Gasteiger partial charge < -0.3 is 10.2 Å². The van der Waals surface area contributed by atoms with Crippen molar-refractivity contribution in [3.63, 3.8) is 0 Å². The van der Waals surface area contributed by atoms with Crippen LogP contribution >= 0.6 is 0 Å². The molecule has 0 bridgehead atoms. The predicted octanol–water partition coefficient (Wildman–Crippen LogP) is 2.20. The zero-order valence-corrected chi connectivity index (χ0v) is 10.2. The molecule has 0 aliphatic carbocycles. The van der Waals surface area contributed by atoms with E-state index in [1.165, 1.54) is 6.42 Å². The average molecular weight is 216 g/mol. The molecule has 1 rings (SSSR count). The molecule has 1 heterocycles. The Labute approximate surface area is 93.2 Å². The van der Waals surface area contributed by atoms with E-state index in [1.807, 2.05) is 0 Å². The van der Waals surface area contributed by atoms with Gasteiger partial charge in [0.1, 0.15) is 0 Å². The van der Waals surface area contributed by atoms with E-state index >= 15 is 0 Å². The molecule has 2 nitrogen and oxygen atoms in total. The monoisotopic (exact) mass is 216 g/mol. The highest BCUT2D eigenvalue weighted by Gasteiger charge is 2.29. The number of nitrogens with zero attached hydrogens (tertiary/aromatic N) is 1. The summed E-state index contributed by atoms with van der Waals surface area (Å²) in [4.78, 5) is 2.42. The van der Waals surface area contributed by atoms with Crippen LogP contribution in [0.2, 0.25) is 0 Å². The van der Waals surface area contributed by atoms with E-state index in [9.17, 15) is 4.39 Å². The molecule has 0 aromatic carbocycles. The molecule has 1 aliphatic rings. The van der Waals surface area contributed by atoms with Crippen LogP contribution in [0.5, 0.6) is 0 Å². The molecule has 15 heavy (non-hydrogen) atoms. The summed E-state index contributed by atoms with van der Waals surface area (Å²) in [6.45, 7) is 8.53. The molecular weight excluding hydrogens is 191 g/mol. The van der Waals surface area contributed by atoms with Crippen molar-refractivity contribution < 1.29 is 4.39 Å². The van der Waals surface area contributed by atoms with Gasteiger partial charge in [-0.3, -0.25) is 4.39 Å². The van der Waals surface area contributed by atoms with Gasteiger partial charge in [0.15, 0.2) is 0 Å². The summed E-state index contributed by atoms with van der Waals surface area (Å²) in [5.74, 6) is 0. The van der Waals surface area contributed by atoms with E-state index in [1.54, 1.807) is 0 Å². The SMILES string of the molecule is CCC1(CC)CN(CCCF)CCCN1. The van der Waals surface area contributed by atoms with Gasteiger partial charge in [-0.1, -0.05) is 13.8 Å². The van der Waals surface area contributed by atoms with Crippen LogP contribution < -0.4 is 5.32 Å². The number of hydrogen-bond acceptors (Lipinski definition) is 2. The standard InChI is InChI=1S/C12H25FN2/c1-3-12(4-2)11-15(9-5-7-13)10-6-8-14-12/h14H,3-11H2,1-2H3.